The van der Waals surface area contributed by atoms with Crippen LogP contribution in [0.3, 0.4) is 0 Å². The molecule has 1 amide bonds. The molecule has 2 aromatic rings. The minimum atomic E-state index is -0.0383. The van der Waals surface area contributed by atoms with Gasteiger partial charge in [0.05, 0.1) is 6.54 Å². The molecule has 1 saturated heterocycles. The number of nitrogens with zero attached hydrogens (tertiary/aromatic N) is 1. The zero-order chi connectivity index (χ0) is 18.4. The summed E-state index contributed by atoms with van der Waals surface area (Å²) in [4.78, 5) is 14.6. The van der Waals surface area contributed by atoms with Crippen molar-refractivity contribution in [1.29, 1.82) is 0 Å². The van der Waals surface area contributed by atoms with Gasteiger partial charge in [-0.25, -0.2) is 0 Å². The molecule has 1 fully saturated rings. The van der Waals surface area contributed by atoms with Crippen LogP contribution in [0.25, 0.3) is 0 Å². The van der Waals surface area contributed by atoms with Crippen LogP contribution in [0.5, 0.6) is 0 Å². The summed E-state index contributed by atoms with van der Waals surface area (Å²) in [5.41, 5.74) is 4.34. The summed E-state index contributed by atoms with van der Waals surface area (Å²) in [6.45, 7) is 6.87. The van der Waals surface area contributed by atoms with Crippen LogP contribution >= 0.6 is 0 Å². The molecule has 1 heterocycles. The maximum atomic E-state index is 12.2. The number of rotatable bonds is 6. The number of amides is 1. The van der Waals surface area contributed by atoms with Crippen molar-refractivity contribution in [3.8, 4) is 0 Å². The molecule has 0 radical (unpaired) electrons. The van der Waals surface area contributed by atoms with Crippen molar-refractivity contribution in [2.75, 3.05) is 35.2 Å². The van der Waals surface area contributed by atoms with E-state index in [1.54, 1.807) is 0 Å². The lowest BCUT2D eigenvalue weighted by Gasteiger charge is -2.28. The average molecular weight is 351 g/mol. The Labute approximate surface area is 156 Å². The standard InChI is InChI=1S/C22H29N3O/c1-17(2)18-6-8-19(9-7-18)23-16-22(26)24-20-10-12-21(13-11-20)25-14-4-3-5-15-25/h6-13,17,23H,3-5,14-16H2,1-2H3,(H,24,26). The van der Waals surface area contributed by atoms with Crippen LogP contribution in [0.15, 0.2) is 48.5 Å². The second-order valence-electron chi connectivity index (χ2n) is 7.27. The molecule has 0 aromatic heterocycles. The lowest BCUT2D eigenvalue weighted by Crippen LogP contribution is -2.29. The molecule has 3 rings (SSSR count). The first-order chi connectivity index (χ1) is 12.6. The van der Waals surface area contributed by atoms with Crippen LogP contribution in [-0.4, -0.2) is 25.5 Å². The van der Waals surface area contributed by atoms with Crippen molar-refractivity contribution in [2.45, 2.75) is 39.0 Å². The average Bonchev–Trinajstić information content (AvgIpc) is 2.68. The van der Waals surface area contributed by atoms with E-state index < -0.39 is 0 Å². The molecule has 0 bridgehead atoms. The predicted octanol–water partition coefficient (Wildman–Crippen LogP) is 4.85. The SMILES string of the molecule is CC(C)c1ccc(NCC(=O)Nc2ccc(N3CCCCC3)cc2)cc1. The normalized spacial score (nSPS) is 14.3. The van der Waals surface area contributed by atoms with E-state index in [0.717, 1.165) is 24.5 Å². The van der Waals surface area contributed by atoms with E-state index in [2.05, 4.69) is 53.6 Å². The van der Waals surface area contributed by atoms with Crippen molar-refractivity contribution in [1.82, 2.24) is 0 Å². The van der Waals surface area contributed by atoms with Gasteiger partial charge in [-0.3, -0.25) is 4.79 Å². The van der Waals surface area contributed by atoms with Gasteiger partial charge in [-0.15, -0.1) is 0 Å². The third-order valence-electron chi connectivity index (χ3n) is 4.90. The predicted molar refractivity (Wildman–Crippen MR) is 110 cm³/mol. The molecule has 4 nitrogen and oxygen atoms in total. The van der Waals surface area contributed by atoms with Crippen LogP contribution in [0.1, 0.15) is 44.6 Å². The second-order valence-corrected chi connectivity index (χ2v) is 7.27. The third-order valence-corrected chi connectivity index (χ3v) is 4.90. The molecule has 1 aliphatic rings. The number of hydrogen-bond acceptors (Lipinski definition) is 3. The van der Waals surface area contributed by atoms with Gasteiger partial charge in [-0.05, 0) is 67.1 Å². The molecule has 0 aliphatic carbocycles. The molecule has 26 heavy (non-hydrogen) atoms. The summed E-state index contributed by atoms with van der Waals surface area (Å²) in [6, 6.07) is 16.4. The van der Waals surface area contributed by atoms with Crippen molar-refractivity contribution in [3.63, 3.8) is 0 Å². The number of anilines is 3. The lowest BCUT2D eigenvalue weighted by molar-refractivity contribution is -0.114. The Bertz CT molecular complexity index is 701. The Balaban J connectivity index is 1.48. The summed E-state index contributed by atoms with van der Waals surface area (Å²) < 4.78 is 0. The Morgan fingerprint density at radius 1 is 0.923 bits per heavy atom. The highest BCUT2D eigenvalue weighted by molar-refractivity contribution is 5.93. The lowest BCUT2D eigenvalue weighted by atomic mass is 10.0. The van der Waals surface area contributed by atoms with Gasteiger partial charge < -0.3 is 15.5 Å². The molecule has 0 atom stereocenters. The van der Waals surface area contributed by atoms with Gasteiger partial charge in [0.2, 0.25) is 5.91 Å². The quantitative estimate of drug-likeness (QED) is 0.782. The van der Waals surface area contributed by atoms with Crippen LogP contribution in [0.4, 0.5) is 17.1 Å². The molecular weight excluding hydrogens is 322 g/mol. The first-order valence-corrected chi connectivity index (χ1v) is 9.60. The van der Waals surface area contributed by atoms with Gasteiger partial charge in [-0.1, -0.05) is 26.0 Å². The molecule has 2 aromatic carbocycles. The molecule has 1 aliphatic heterocycles. The summed E-state index contributed by atoms with van der Waals surface area (Å²) >= 11 is 0. The Kier molecular flexibility index (Phi) is 6.16. The fourth-order valence-corrected chi connectivity index (χ4v) is 3.28. The zero-order valence-corrected chi connectivity index (χ0v) is 15.8. The first-order valence-electron chi connectivity index (χ1n) is 9.60. The molecule has 0 saturated carbocycles. The topological polar surface area (TPSA) is 44.4 Å². The molecule has 4 heteroatoms. The first kappa shape index (κ1) is 18.3. The van der Waals surface area contributed by atoms with Gasteiger partial charge in [0, 0.05) is 30.2 Å². The van der Waals surface area contributed by atoms with E-state index in [1.807, 2.05) is 24.3 Å². The summed E-state index contributed by atoms with van der Waals surface area (Å²) in [7, 11) is 0. The monoisotopic (exact) mass is 351 g/mol. The molecule has 0 unspecified atom stereocenters. The van der Waals surface area contributed by atoms with Crippen molar-refractivity contribution >= 4 is 23.0 Å². The van der Waals surface area contributed by atoms with Crippen LogP contribution < -0.4 is 15.5 Å². The number of benzene rings is 2. The minimum absolute atomic E-state index is 0.0383. The summed E-state index contributed by atoms with van der Waals surface area (Å²) in [6.07, 6.45) is 3.86. The highest BCUT2D eigenvalue weighted by Crippen LogP contribution is 2.22. The molecule has 0 spiro atoms. The number of carbonyl (C=O) groups is 1. The van der Waals surface area contributed by atoms with E-state index in [1.165, 1.54) is 30.5 Å². The van der Waals surface area contributed by atoms with Crippen molar-refractivity contribution < 1.29 is 4.79 Å². The van der Waals surface area contributed by atoms with E-state index >= 15 is 0 Å². The highest BCUT2D eigenvalue weighted by atomic mass is 16.1. The van der Waals surface area contributed by atoms with Crippen LogP contribution in [-0.2, 0) is 4.79 Å². The van der Waals surface area contributed by atoms with Crippen molar-refractivity contribution in [2.24, 2.45) is 0 Å². The second kappa shape index (κ2) is 8.75. The van der Waals surface area contributed by atoms with Crippen LogP contribution in [0.2, 0.25) is 0 Å². The number of hydrogen-bond donors (Lipinski definition) is 2. The number of carbonyl (C=O) groups excluding carboxylic acids is 1. The number of nitrogens with one attached hydrogen (secondary N) is 2. The molecular formula is C22H29N3O. The van der Waals surface area contributed by atoms with E-state index in [4.69, 9.17) is 0 Å². The zero-order valence-electron chi connectivity index (χ0n) is 15.8. The largest absolute Gasteiger partial charge is 0.376 e. The summed E-state index contributed by atoms with van der Waals surface area (Å²) in [5.74, 6) is 0.476. The number of piperidine rings is 1. The van der Waals surface area contributed by atoms with E-state index in [0.29, 0.717) is 5.92 Å². The smallest absolute Gasteiger partial charge is 0.243 e. The Morgan fingerprint density at radius 2 is 1.54 bits per heavy atom. The van der Waals surface area contributed by atoms with Crippen LogP contribution in [0, 0.1) is 0 Å². The maximum Gasteiger partial charge on any atom is 0.243 e. The van der Waals surface area contributed by atoms with Gasteiger partial charge in [0.1, 0.15) is 0 Å². The fourth-order valence-electron chi connectivity index (χ4n) is 3.28. The van der Waals surface area contributed by atoms with Gasteiger partial charge in [-0.2, -0.15) is 0 Å². The Morgan fingerprint density at radius 3 is 2.15 bits per heavy atom. The van der Waals surface area contributed by atoms with E-state index in [-0.39, 0.29) is 12.5 Å². The van der Waals surface area contributed by atoms with E-state index in [9.17, 15) is 4.79 Å². The third kappa shape index (κ3) is 5.01. The molecule has 138 valence electrons. The molecule has 2 N–H and O–H groups in total. The fraction of sp³-hybridized carbons (Fsp3) is 0.409. The highest BCUT2D eigenvalue weighted by Gasteiger charge is 2.11. The summed E-state index contributed by atoms with van der Waals surface area (Å²) in [5, 5.41) is 6.13. The van der Waals surface area contributed by atoms with Gasteiger partial charge in [0.15, 0.2) is 0 Å². The maximum absolute atomic E-state index is 12.2. The minimum Gasteiger partial charge on any atom is -0.376 e. The Hall–Kier alpha value is -2.49. The van der Waals surface area contributed by atoms with Gasteiger partial charge >= 0.3 is 0 Å². The van der Waals surface area contributed by atoms with Crippen molar-refractivity contribution in [3.05, 3.63) is 54.1 Å². The van der Waals surface area contributed by atoms with Gasteiger partial charge in [0.25, 0.3) is 0 Å².